The van der Waals surface area contributed by atoms with E-state index in [4.69, 9.17) is 9.57 Å². The maximum atomic E-state index is 5.99. The quantitative estimate of drug-likeness (QED) is 0.475. The molecule has 0 amide bonds. The minimum absolute atomic E-state index is 0.401. The molecule has 114 valence electrons. The molecular weight excluding hydrogens is 250 g/mol. The molecule has 1 atom stereocenters. The first-order valence-corrected chi connectivity index (χ1v) is 8.66. The third kappa shape index (κ3) is 3.84. The van der Waals surface area contributed by atoms with E-state index in [0.29, 0.717) is 6.04 Å². The van der Waals surface area contributed by atoms with Gasteiger partial charge in [-0.3, -0.25) is 4.84 Å². The van der Waals surface area contributed by atoms with Crippen LogP contribution in [0.2, 0.25) is 0 Å². The summed E-state index contributed by atoms with van der Waals surface area (Å²) in [6.07, 6.45) is 18.0. The molecule has 0 aromatic heterocycles. The van der Waals surface area contributed by atoms with Gasteiger partial charge in [0.05, 0.1) is 0 Å². The van der Waals surface area contributed by atoms with Crippen molar-refractivity contribution in [3.05, 3.63) is 11.6 Å². The third-order valence-corrected chi connectivity index (χ3v) is 4.93. The van der Waals surface area contributed by atoms with Crippen molar-refractivity contribution in [3.63, 3.8) is 0 Å². The highest BCUT2D eigenvalue weighted by Gasteiger charge is 2.50. The summed E-state index contributed by atoms with van der Waals surface area (Å²) in [4.78, 5) is 5.99. The third-order valence-electron chi connectivity index (χ3n) is 4.93. The van der Waals surface area contributed by atoms with E-state index in [0.717, 1.165) is 13.0 Å². The second-order valence-electron chi connectivity index (χ2n) is 6.63. The van der Waals surface area contributed by atoms with Crippen LogP contribution in [0.3, 0.4) is 0 Å². The van der Waals surface area contributed by atoms with E-state index in [1.165, 1.54) is 76.2 Å². The monoisotopic (exact) mass is 279 g/mol. The molecule has 3 rings (SSSR count). The maximum absolute atomic E-state index is 5.99. The fourth-order valence-corrected chi connectivity index (χ4v) is 3.49. The lowest BCUT2D eigenvalue weighted by Crippen LogP contribution is -2.34. The van der Waals surface area contributed by atoms with Crippen molar-refractivity contribution < 1.29 is 9.57 Å². The molecule has 1 N–H and O–H groups in total. The molecule has 1 saturated heterocycles. The van der Waals surface area contributed by atoms with Gasteiger partial charge in [-0.1, -0.05) is 44.6 Å². The predicted octanol–water partition coefficient (Wildman–Crippen LogP) is 4.24. The molecule has 1 heterocycles. The molecule has 3 aliphatic rings. The highest BCUT2D eigenvalue weighted by atomic mass is 16.9. The van der Waals surface area contributed by atoms with Crippen molar-refractivity contribution in [1.29, 1.82) is 0 Å². The molecule has 3 nitrogen and oxygen atoms in total. The summed E-state index contributed by atoms with van der Waals surface area (Å²) < 4.78 is 5.71. The molecule has 3 heteroatoms. The van der Waals surface area contributed by atoms with Gasteiger partial charge >= 0.3 is 0 Å². The lowest BCUT2D eigenvalue weighted by Gasteiger charge is -2.21. The summed E-state index contributed by atoms with van der Waals surface area (Å²) in [5.41, 5.74) is 4.67. The molecular formula is C17H29NO2. The molecule has 0 bridgehead atoms. The van der Waals surface area contributed by atoms with Crippen LogP contribution in [0.5, 0.6) is 0 Å². The Bertz CT molecular complexity index is 330. The number of ether oxygens (including phenoxy) is 1. The Kier molecular flexibility index (Phi) is 5.14. The van der Waals surface area contributed by atoms with Gasteiger partial charge in [-0.05, 0) is 44.1 Å². The molecule has 20 heavy (non-hydrogen) atoms. The smallest absolute Gasteiger partial charge is 0.233 e. The zero-order valence-corrected chi connectivity index (χ0v) is 12.7. The predicted molar refractivity (Wildman–Crippen MR) is 80.2 cm³/mol. The Hall–Kier alpha value is -0.380. The molecule has 1 saturated carbocycles. The van der Waals surface area contributed by atoms with Crippen LogP contribution in [0, 0.1) is 0 Å². The van der Waals surface area contributed by atoms with Crippen LogP contribution in [-0.4, -0.2) is 18.4 Å². The molecule has 0 radical (unpaired) electrons. The molecule has 0 aromatic rings. The highest BCUT2D eigenvalue weighted by Crippen LogP contribution is 2.39. The zero-order valence-electron chi connectivity index (χ0n) is 12.7. The molecule has 2 fully saturated rings. The summed E-state index contributed by atoms with van der Waals surface area (Å²) >= 11 is 0. The lowest BCUT2D eigenvalue weighted by molar-refractivity contribution is -0.0948. The van der Waals surface area contributed by atoms with Crippen molar-refractivity contribution in [2.75, 3.05) is 6.61 Å². The summed E-state index contributed by atoms with van der Waals surface area (Å²) in [6.45, 7) is 0.735. The molecule has 0 spiro atoms. The van der Waals surface area contributed by atoms with Crippen molar-refractivity contribution in [2.24, 2.45) is 0 Å². The minimum Gasteiger partial charge on any atom is -0.337 e. The molecule has 1 aliphatic heterocycles. The van der Waals surface area contributed by atoms with Gasteiger partial charge in [-0.25, -0.2) is 0 Å². The number of epoxide rings is 1. The number of allylic oxidation sites excluding steroid dienone is 1. The van der Waals surface area contributed by atoms with E-state index >= 15 is 0 Å². The average Bonchev–Trinajstić information content (AvgIpc) is 3.09. The number of hydroxylamine groups is 1. The van der Waals surface area contributed by atoms with Crippen LogP contribution in [-0.2, 0) is 9.57 Å². The largest absolute Gasteiger partial charge is 0.337 e. The minimum atomic E-state index is -0.401. The maximum Gasteiger partial charge on any atom is 0.233 e. The second-order valence-corrected chi connectivity index (χ2v) is 6.63. The van der Waals surface area contributed by atoms with Crippen molar-refractivity contribution in [1.82, 2.24) is 5.48 Å². The van der Waals surface area contributed by atoms with Crippen LogP contribution < -0.4 is 5.48 Å². The van der Waals surface area contributed by atoms with Gasteiger partial charge in [-0.15, -0.1) is 0 Å². The first kappa shape index (κ1) is 14.6. The Morgan fingerprint density at radius 1 is 1.00 bits per heavy atom. The van der Waals surface area contributed by atoms with E-state index in [-0.39, 0.29) is 0 Å². The summed E-state index contributed by atoms with van der Waals surface area (Å²) in [7, 11) is 0. The summed E-state index contributed by atoms with van der Waals surface area (Å²) in [6, 6.07) is 0.538. The highest BCUT2D eigenvalue weighted by molar-refractivity contribution is 5.19. The Labute approximate surface area is 123 Å². The van der Waals surface area contributed by atoms with E-state index < -0.39 is 5.79 Å². The summed E-state index contributed by atoms with van der Waals surface area (Å²) in [5.74, 6) is -0.401. The SMILES string of the molecule is C1=C(/C2(ONC3CCCC3)CO2)CCCCCCCC/1. The number of hydrogen-bond acceptors (Lipinski definition) is 3. The fraction of sp³-hybridized carbons (Fsp3) is 0.882. The van der Waals surface area contributed by atoms with Crippen LogP contribution in [0.25, 0.3) is 0 Å². The van der Waals surface area contributed by atoms with Gasteiger partial charge in [0.1, 0.15) is 6.61 Å². The Morgan fingerprint density at radius 3 is 2.45 bits per heavy atom. The van der Waals surface area contributed by atoms with E-state index in [2.05, 4.69) is 11.6 Å². The number of rotatable bonds is 4. The van der Waals surface area contributed by atoms with Crippen LogP contribution >= 0.6 is 0 Å². The topological polar surface area (TPSA) is 33.8 Å². The van der Waals surface area contributed by atoms with Crippen molar-refractivity contribution in [3.8, 4) is 0 Å². The number of nitrogens with one attached hydrogen (secondary N) is 1. The molecule has 0 aromatic carbocycles. The van der Waals surface area contributed by atoms with Crippen molar-refractivity contribution in [2.45, 2.75) is 88.9 Å². The first-order valence-electron chi connectivity index (χ1n) is 8.66. The van der Waals surface area contributed by atoms with Gasteiger partial charge in [0, 0.05) is 6.04 Å². The number of hydrogen-bond donors (Lipinski definition) is 1. The van der Waals surface area contributed by atoms with E-state index in [1.54, 1.807) is 0 Å². The zero-order chi connectivity index (χ0) is 13.7. The van der Waals surface area contributed by atoms with E-state index in [9.17, 15) is 0 Å². The van der Waals surface area contributed by atoms with Crippen molar-refractivity contribution >= 4 is 0 Å². The molecule has 2 aliphatic carbocycles. The first-order chi connectivity index (χ1) is 9.89. The van der Waals surface area contributed by atoms with Crippen LogP contribution in [0.4, 0.5) is 0 Å². The summed E-state index contributed by atoms with van der Waals surface area (Å²) in [5, 5.41) is 0. The average molecular weight is 279 g/mol. The fourth-order valence-electron chi connectivity index (χ4n) is 3.49. The standard InChI is InChI=1S/C17H29NO2/c1-2-4-6-10-15(11-7-5-3-1)17(14-19-17)20-18-16-12-8-9-13-16/h10,16,18H,1-9,11-14H2/b15-10+. The lowest BCUT2D eigenvalue weighted by atomic mass is 9.97. The Morgan fingerprint density at radius 2 is 1.70 bits per heavy atom. The second kappa shape index (κ2) is 7.06. The van der Waals surface area contributed by atoms with Gasteiger partial charge < -0.3 is 4.74 Å². The molecule has 1 unspecified atom stereocenters. The Balaban J connectivity index is 1.54. The normalized spacial score (nSPS) is 35.5. The van der Waals surface area contributed by atoms with Crippen LogP contribution in [0.1, 0.15) is 77.0 Å². The van der Waals surface area contributed by atoms with Crippen LogP contribution in [0.15, 0.2) is 11.6 Å². The van der Waals surface area contributed by atoms with Gasteiger partial charge in [0.25, 0.3) is 0 Å². The van der Waals surface area contributed by atoms with Gasteiger partial charge in [0.15, 0.2) is 0 Å². The van der Waals surface area contributed by atoms with Gasteiger partial charge in [0.2, 0.25) is 5.79 Å². The van der Waals surface area contributed by atoms with E-state index in [1.807, 2.05) is 0 Å². The van der Waals surface area contributed by atoms with Gasteiger partial charge in [-0.2, -0.15) is 5.48 Å².